The lowest BCUT2D eigenvalue weighted by Crippen LogP contribution is -2.01. The number of rotatable bonds is 3. The molecule has 0 aliphatic rings. The topological polar surface area (TPSA) is 51.8 Å². The summed E-state index contributed by atoms with van der Waals surface area (Å²) in [7, 11) is 0. The summed E-state index contributed by atoms with van der Waals surface area (Å²) >= 11 is 1.62. The Hall–Kier alpha value is -1.26. The van der Waals surface area contributed by atoms with Crippen molar-refractivity contribution in [2.45, 2.75) is 13.3 Å². The van der Waals surface area contributed by atoms with Gasteiger partial charge in [0.05, 0.1) is 0 Å². The highest BCUT2D eigenvalue weighted by Gasteiger charge is 2.05. The minimum Gasteiger partial charge on any atom is -0.330 e. The van der Waals surface area contributed by atoms with Crippen molar-refractivity contribution in [1.82, 2.24) is 10.2 Å². The predicted octanol–water partition coefficient (Wildman–Crippen LogP) is 2.01. The van der Waals surface area contributed by atoms with Crippen LogP contribution in [0.5, 0.6) is 0 Å². The maximum atomic E-state index is 5.47. The van der Waals surface area contributed by atoms with E-state index < -0.39 is 0 Å². The average molecular weight is 219 g/mol. The lowest BCUT2D eigenvalue weighted by molar-refractivity contribution is 0.913. The molecule has 0 saturated carbocycles. The number of aryl methyl sites for hydroxylation is 1. The minimum absolute atomic E-state index is 0.627. The van der Waals surface area contributed by atoms with E-state index in [2.05, 4.69) is 35.3 Å². The Morgan fingerprint density at radius 3 is 2.93 bits per heavy atom. The fourth-order valence-corrected chi connectivity index (χ4v) is 2.22. The Morgan fingerprint density at radius 2 is 2.20 bits per heavy atom. The van der Waals surface area contributed by atoms with Crippen LogP contribution in [0.2, 0.25) is 0 Å². The molecule has 4 heteroatoms. The van der Waals surface area contributed by atoms with Crippen LogP contribution in [-0.2, 0) is 6.42 Å². The van der Waals surface area contributed by atoms with E-state index in [1.54, 1.807) is 11.3 Å². The molecule has 0 saturated heterocycles. The molecule has 0 aliphatic heterocycles. The van der Waals surface area contributed by atoms with Crippen LogP contribution in [0.15, 0.2) is 24.3 Å². The maximum absolute atomic E-state index is 5.47. The molecule has 1 aromatic carbocycles. The summed E-state index contributed by atoms with van der Waals surface area (Å²) in [5.74, 6) is 0. The molecule has 0 aliphatic carbocycles. The quantitative estimate of drug-likeness (QED) is 0.859. The maximum Gasteiger partial charge on any atom is 0.147 e. The van der Waals surface area contributed by atoms with E-state index in [0.717, 1.165) is 22.0 Å². The zero-order chi connectivity index (χ0) is 10.7. The van der Waals surface area contributed by atoms with Gasteiger partial charge >= 0.3 is 0 Å². The van der Waals surface area contributed by atoms with Gasteiger partial charge in [-0.15, -0.1) is 10.2 Å². The van der Waals surface area contributed by atoms with Gasteiger partial charge in [0, 0.05) is 12.0 Å². The Bertz CT molecular complexity index is 451. The number of hydrogen-bond acceptors (Lipinski definition) is 4. The summed E-state index contributed by atoms with van der Waals surface area (Å²) in [5, 5.41) is 10.2. The number of hydrogen-bond donors (Lipinski definition) is 1. The van der Waals surface area contributed by atoms with Gasteiger partial charge in [-0.05, 0) is 19.5 Å². The molecule has 1 aromatic heterocycles. The van der Waals surface area contributed by atoms with E-state index in [9.17, 15) is 0 Å². The SMILES string of the molecule is Cc1cccc(-c2nnc(CCN)s2)c1. The fraction of sp³-hybridized carbons (Fsp3) is 0.273. The van der Waals surface area contributed by atoms with Crippen LogP contribution in [0.3, 0.4) is 0 Å². The second-order valence-electron chi connectivity index (χ2n) is 3.41. The molecule has 0 amide bonds. The largest absolute Gasteiger partial charge is 0.330 e. The van der Waals surface area contributed by atoms with Crippen LogP contribution in [-0.4, -0.2) is 16.7 Å². The average Bonchev–Trinajstić information content (AvgIpc) is 2.67. The van der Waals surface area contributed by atoms with Crippen molar-refractivity contribution in [2.24, 2.45) is 5.73 Å². The summed E-state index contributed by atoms with van der Waals surface area (Å²) in [6, 6.07) is 8.28. The molecular weight excluding hydrogens is 206 g/mol. The highest BCUT2D eigenvalue weighted by molar-refractivity contribution is 7.14. The zero-order valence-electron chi connectivity index (χ0n) is 8.60. The molecule has 78 valence electrons. The third-order valence-electron chi connectivity index (χ3n) is 2.09. The standard InChI is InChI=1S/C11H13N3S/c1-8-3-2-4-9(7-8)11-14-13-10(15-11)5-6-12/h2-4,7H,5-6,12H2,1H3. The lowest BCUT2D eigenvalue weighted by Gasteiger charge is -1.95. The second-order valence-corrected chi connectivity index (χ2v) is 4.47. The molecule has 0 unspecified atom stereocenters. The van der Waals surface area contributed by atoms with Crippen molar-refractivity contribution >= 4 is 11.3 Å². The van der Waals surface area contributed by atoms with Gasteiger partial charge in [0.25, 0.3) is 0 Å². The number of benzene rings is 1. The van der Waals surface area contributed by atoms with Crippen molar-refractivity contribution < 1.29 is 0 Å². The predicted molar refractivity (Wildman–Crippen MR) is 62.8 cm³/mol. The van der Waals surface area contributed by atoms with Gasteiger partial charge in [0.1, 0.15) is 10.0 Å². The first-order valence-corrected chi connectivity index (χ1v) is 5.71. The number of aromatic nitrogens is 2. The molecular formula is C11H13N3S. The van der Waals surface area contributed by atoms with Crippen LogP contribution < -0.4 is 5.73 Å². The molecule has 1 heterocycles. The molecule has 3 nitrogen and oxygen atoms in total. The minimum atomic E-state index is 0.627. The van der Waals surface area contributed by atoms with Crippen LogP contribution in [0.4, 0.5) is 0 Å². The second kappa shape index (κ2) is 4.51. The van der Waals surface area contributed by atoms with Crippen LogP contribution in [0.25, 0.3) is 10.6 Å². The molecule has 15 heavy (non-hydrogen) atoms. The van der Waals surface area contributed by atoms with Crippen LogP contribution in [0.1, 0.15) is 10.6 Å². The molecule has 0 radical (unpaired) electrons. The normalized spacial score (nSPS) is 10.5. The van der Waals surface area contributed by atoms with Crippen molar-refractivity contribution in [3.05, 3.63) is 34.8 Å². The summed E-state index contributed by atoms with van der Waals surface area (Å²) in [6.45, 7) is 2.70. The van der Waals surface area contributed by atoms with Gasteiger partial charge in [0.15, 0.2) is 0 Å². The third-order valence-corrected chi connectivity index (χ3v) is 3.12. The van der Waals surface area contributed by atoms with Crippen molar-refractivity contribution in [3.8, 4) is 10.6 Å². The Balaban J connectivity index is 2.29. The van der Waals surface area contributed by atoms with Gasteiger partial charge in [-0.2, -0.15) is 0 Å². The molecule has 2 N–H and O–H groups in total. The molecule has 0 spiro atoms. The highest BCUT2D eigenvalue weighted by atomic mass is 32.1. The molecule has 0 bridgehead atoms. The van der Waals surface area contributed by atoms with E-state index >= 15 is 0 Å². The monoisotopic (exact) mass is 219 g/mol. The third kappa shape index (κ3) is 2.40. The van der Waals surface area contributed by atoms with E-state index in [4.69, 9.17) is 5.73 Å². The van der Waals surface area contributed by atoms with Crippen molar-refractivity contribution in [1.29, 1.82) is 0 Å². The van der Waals surface area contributed by atoms with E-state index in [-0.39, 0.29) is 0 Å². The highest BCUT2D eigenvalue weighted by Crippen LogP contribution is 2.24. The van der Waals surface area contributed by atoms with E-state index in [1.807, 2.05) is 6.07 Å². The summed E-state index contributed by atoms with van der Waals surface area (Å²) in [6.07, 6.45) is 0.809. The Kier molecular flexibility index (Phi) is 3.08. The number of nitrogens with zero attached hydrogens (tertiary/aromatic N) is 2. The summed E-state index contributed by atoms with van der Waals surface area (Å²) in [5.41, 5.74) is 7.85. The first-order valence-electron chi connectivity index (χ1n) is 4.89. The van der Waals surface area contributed by atoms with Gasteiger partial charge in [-0.3, -0.25) is 0 Å². The summed E-state index contributed by atoms with van der Waals surface area (Å²) < 4.78 is 0. The van der Waals surface area contributed by atoms with E-state index in [1.165, 1.54) is 5.56 Å². The van der Waals surface area contributed by atoms with E-state index in [0.29, 0.717) is 6.54 Å². The lowest BCUT2D eigenvalue weighted by atomic mass is 10.1. The number of nitrogens with two attached hydrogens (primary N) is 1. The van der Waals surface area contributed by atoms with Crippen LogP contribution >= 0.6 is 11.3 Å². The first-order chi connectivity index (χ1) is 7.29. The van der Waals surface area contributed by atoms with Gasteiger partial charge < -0.3 is 5.73 Å². The fourth-order valence-electron chi connectivity index (χ4n) is 1.37. The summed E-state index contributed by atoms with van der Waals surface area (Å²) in [4.78, 5) is 0. The Morgan fingerprint density at radius 1 is 1.33 bits per heavy atom. The van der Waals surface area contributed by atoms with Gasteiger partial charge in [-0.25, -0.2) is 0 Å². The molecule has 0 fully saturated rings. The molecule has 0 atom stereocenters. The van der Waals surface area contributed by atoms with Crippen LogP contribution in [0, 0.1) is 6.92 Å². The van der Waals surface area contributed by atoms with Gasteiger partial charge in [-0.1, -0.05) is 35.1 Å². The molecule has 2 aromatic rings. The van der Waals surface area contributed by atoms with Crippen molar-refractivity contribution in [2.75, 3.05) is 6.54 Å². The smallest absolute Gasteiger partial charge is 0.147 e. The Labute approximate surface area is 93.0 Å². The van der Waals surface area contributed by atoms with Gasteiger partial charge in [0.2, 0.25) is 0 Å². The molecule has 2 rings (SSSR count). The first kappa shape index (κ1) is 10.3. The van der Waals surface area contributed by atoms with Crippen molar-refractivity contribution in [3.63, 3.8) is 0 Å². The zero-order valence-corrected chi connectivity index (χ0v) is 9.42.